The summed E-state index contributed by atoms with van der Waals surface area (Å²) in [6.07, 6.45) is 3.71. The van der Waals surface area contributed by atoms with E-state index < -0.39 is 0 Å². The summed E-state index contributed by atoms with van der Waals surface area (Å²) < 4.78 is 1.62. The first-order chi connectivity index (χ1) is 12.1. The standard InChI is InChI=1S/C19H15N3O2S/c1-22-18(24)17(9-12-11-20-16-8-3-2-7-15(12)16)25-19(22)21-13-5-4-6-14(23)10-13/h2-11,23-24H,1H3/b12-9+,21-19?. The molecule has 1 aliphatic rings. The number of phenols is 1. The number of hydrogen-bond acceptors (Lipinski definition) is 5. The van der Waals surface area contributed by atoms with Crippen molar-refractivity contribution in [1.82, 2.24) is 4.57 Å². The van der Waals surface area contributed by atoms with Crippen LogP contribution in [0.15, 0.2) is 58.5 Å². The smallest absolute Gasteiger partial charge is 0.210 e. The Morgan fingerprint density at radius 1 is 1.12 bits per heavy atom. The Morgan fingerprint density at radius 3 is 2.80 bits per heavy atom. The highest BCUT2D eigenvalue weighted by Gasteiger charge is 2.14. The Bertz CT molecular complexity index is 1090. The third-order valence-corrected chi connectivity index (χ3v) is 4.99. The molecule has 0 saturated heterocycles. The summed E-state index contributed by atoms with van der Waals surface area (Å²) >= 11 is 1.37. The van der Waals surface area contributed by atoms with Gasteiger partial charge in [0.15, 0.2) is 4.80 Å². The molecule has 0 fully saturated rings. The lowest BCUT2D eigenvalue weighted by atomic mass is 10.1. The van der Waals surface area contributed by atoms with E-state index in [2.05, 4.69) is 9.98 Å². The number of rotatable bonds is 2. The number of fused-ring (bicyclic) bond motifs is 1. The summed E-state index contributed by atoms with van der Waals surface area (Å²) in [5.74, 6) is 0.306. The average molecular weight is 349 g/mol. The second kappa shape index (κ2) is 6.07. The molecule has 0 spiro atoms. The number of hydrogen-bond donors (Lipinski definition) is 2. The van der Waals surface area contributed by atoms with Crippen LogP contribution < -0.4 is 4.80 Å². The second-order valence-electron chi connectivity index (χ2n) is 5.64. The zero-order chi connectivity index (χ0) is 17.4. The number of phenolic OH excluding ortho intramolecular Hbond substituents is 1. The summed E-state index contributed by atoms with van der Waals surface area (Å²) in [4.78, 5) is 10.2. The Hall–Kier alpha value is -3.12. The van der Waals surface area contributed by atoms with Gasteiger partial charge in [-0.25, -0.2) is 4.99 Å². The van der Waals surface area contributed by atoms with Gasteiger partial charge in [0.1, 0.15) is 5.75 Å². The van der Waals surface area contributed by atoms with Crippen LogP contribution in [0.5, 0.6) is 11.6 Å². The van der Waals surface area contributed by atoms with Gasteiger partial charge < -0.3 is 10.2 Å². The maximum Gasteiger partial charge on any atom is 0.210 e. The molecule has 25 heavy (non-hydrogen) atoms. The molecule has 124 valence electrons. The monoisotopic (exact) mass is 349 g/mol. The Labute approximate surface area is 148 Å². The second-order valence-corrected chi connectivity index (χ2v) is 6.65. The van der Waals surface area contributed by atoms with E-state index in [1.807, 2.05) is 30.3 Å². The molecule has 0 aliphatic carbocycles. The van der Waals surface area contributed by atoms with Crippen molar-refractivity contribution in [2.24, 2.45) is 17.0 Å². The van der Waals surface area contributed by atoms with Crippen LogP contribution >= 0.6 is 11.3 Å². The minimum absolute atomic E-state index is 0.147. The van der Waals surface area contributed by atoms with Gasteiger partial charge in [-0.05, 0) is 24.3 Å². The van der Waals surface area contributed by atoms with Crippen LogP contribution in [0.4, 0.5) is 11.4 Å². The molecule has 5 nitrogen and oxygen atoms in total. The van der Waals surface area contributed by atoms with Gasteiger partial charge in [0.25, 0.3) is 0 Å². The van der Waals surface area contributed by atoms with Gasteiger partial charge in [0, 0.05) is 30.5 Å². The molecule has 0 amide bonds. The van der Waals surface area contributed by atoms with Crippen LogP contribution in [0.3, 0.4) is 0 Å². The highest BCUT2D eigenvalue weighted by atomic mass is 32.1. The molecule has 0 bridgehead atoms. The quantitative estimate of drug-likeness (QED) is 0.734. The highest BCUT2D eigenvalue weighted by molar-refractivity contribution is 7.10. The van der Waals surface area contributed by atoms with Crippen LogP contribution in [0.2, 0.25) is 0 Å². The molecule has 0 unspecified atom stereocenters. The van der Waals surface area contributed by atoms with E-state index in [1.54, 1.807) is 42.1 Å². The summed E-state index contributed by atoms with van der Waals surface area (Å²) in [5.41, 5.74) is 3.56. The highest BCUT2D eigenvalue weighted by Crippen LogP contribution is 2.34. The van der Waals surface area contributed by atoms with Crippen molar-refractivity contribution in [3.8, 4) is 11.6 Å². The van der Waals surface area contributed by atoms with Crippen molar-refractivity contribution in [2.75, 3.05) is 0 Å². The predicted octanol–water partition coefficient (Wildman–Crippen LogP) is 3.99. The lowest BCUT2D eigenvalue weighted by Crippen LogP contribution is -2.08. The fourth-order valence-corrected chi connectivity index (χ4v) is 3.61. The van der Waals surface area contributed by atoms with E-state index >= 15 is 0 Å². The molecule has 2 aromatic carbocycles. The number of nitrogens with zero attached hydrogens (tertiary/aromatic N) is 3. The zero-order valence-corrected chi connectivity index (χ0v) is 14.2. The van der Waals surface area contributed by atoms with Crippen LogP contribution in [0, 0.1) is 0 Å². The lowest BCUT2D eigenvalue weighted by molar-refractivity contribution is 0.427. The first-order valence-corrected chi connectivity index (χ1v) is 8.51. The van der Waals surface area contributed by atoms with Crippen molar-refractivity contribution >= 4 is 40.6 Å². The average Bonchev–Trinajstić information content (AvgIpc) is 3.13. The van der Waals surface area contributed by atoms with E-state index in [1.165, 1.54) is 11.3 Å². The summed E-state index contributed by atoms with van der Waals surface area (Å²) in [7, 11) is 1.76. The van der Waals surface area contributed by atoms with Crippen LogP contribution in [0.25, 0.3) is 11.6 Å². The van der Waals surface area contributed by atoms with Gasteiger partial charge in [0.2, 0.25) is 5.88 Å². The Balaban J connectivity index is 1.79. The molecule has 0 atom stereocenters. The van der Waals surface area contributed by atoms with Crippen molar-refractivity contribution in [2.45, 2.75) is 0 Å². The third kappa shape index (κ3) is 2.88. The van der Waals surface area contributed by atoms with Crippen LogP contribution in [-0.4, -0.2) is 21.0 Å². The fraction of sp³-hybridized carbons (Fsp3) is 0.0526. The van der Waals surface area contributed by atoms with Crippen LogP contribution in [0.1, 0.15) is 10.4 Å². The van der Waals surface area contributed by atoms with Gasteiger partial charge in [0.05, 0.1) is 16.3 Å². The molecule has 2 heterocycles. The van der Waals surface area contributed by atoms with Crippen molar-refractivity contribution < 1.29 is 10.2 Å². The SMILES string of the molecule is Cn1c(O)c(/C=C2\C=Nc3ccccc32)sc1=Nc1cccc(O)c1. The Kier molecular flexibility index (Phi) is 3.74. The molecule has 0 saturated carbocycles. The summed E-state index contributed by atoms with van der Waals surface area (Å²) in [6, 6.07) is 14.6. The maximum atomic E-state index is 10.4. The minimum Gasteiger partial charge on any atom is -0.508 e. The van der Waals surface area contributed by atoms with Gasteiger partial charge in [-0.1, -0.05) is 35.6 Å². The van der Waals surface area contributed by atoms with Crippen molar-refractivity contribution in [1.29, 1.82) is 0 Å². The largest absolute Gasteiger partial charge is 0.508 e. The predicted molar refractivity (Wildman–Crippen MR) is 101 cm³/mol. The number of aromatic nitrogens is 1. The normalized spacial score (nSPS) is 15.1. The fourth-order valence-electron chi connectivity index (χ4n) is 2.63. The first kappa shape index (κ1) is 15.4. The molecule has 1 aliphatic heterocycles. The molecular weight excluding hydrogens is 334 g/mol. The summed E-state index contributed by atoms with van der Waals surface area (Å²) in [6.45, 7) is 0. The zero-order valence-electron chi connectivity index (χ0n) is 13.4. The number of para-hydroxylation sites is 1. The van der Waals surface area contributed by atoms with Gasteiger partial charge in [-0.2, -0.15) is 0 Å². The maximum absolute atomic E-state index is 10.4. The number of aliphatic imine (C=N–C) groups is 1. The van der Waals surface area contributed by atoms with E-state index in [-0.39, 0.29) is 11.6 Å². The summed E-state index contributed by atoms with van der Waals surface area (Å²) in [5, 5.41) is 20.0. The third-order valence-electron chi connectivity index (χ3n) is 3.93. The van der Waals surface area contributed by atoms with E-state index in [4.69, 9.17) is 0 Å². The minimum atomic E-state index is 0.147. The van der Waals surface area contributed by atoms with Crippen molar-refractivity contribution in [3.63, 3.8) is 0 Å². The van der Waals surface area contributed by atoms with Gasteiger partial charge in [-0.3, -0.25) is 9.56 Å². The molecule has 2 N–H and O–H groups in total. The molecule has 3 aromatic rings. The van der Waals surface area contributed by atoms with Gasteiger partial charge >= 0.3 is 0 Å². The topological polar surface area (TPSA) is 70.1 Å². The molecule has 6 heteroatoms. The first-order valence-electron chi connectivity index (χ1n) is 7.69. The van der Waals surface area contributed by atoms with Crippen LogP contribution in [-0.2, 0) is 7.05 Å². The van der Waals surface area contributed by atoms with E-state index in [0.717, 1.165) is 16.8 Å². The molecular formula is C19H15N3O2S. The molecule has 1 aromatic heterocycles. The van der Waals surface area contributed by atoms with Gasteiger partial charge in [-0.15, -0.1) is 0 Å². The molecule has 4 rings (SSSR count). The number of thiazole rings is 1. The Morgan fingerprint density at radius 2 is 1.96 bits per heavy atom. The van der Waals surface area contributed by atoms with E-state index in [9.17, 15) is 10.2 Å². The lowest BCUT2D eigenvalue weighted by Gasteiger charge is -1.98. The number of aromatic hydroxyl groups is 2. The van der Waals surface area contributed by atoms with E-state index in [0.29, 0.717) is 15.4 Å². The molecule has 0 radical (unpaired) electrons. The van der Waals surface area contributed by atoms with Crippen molar-refractivity contribution in [3.05, 3.63) is 63.8 Å². The number of benzene rings is 2. The number of allylic oxidation sites excluding steroid dienone is 1.